The Balaban J connectivity index is 0.763. The zero-order valence-corrected chi connectivity index (χ0v) is 35.8. The Morgan fingerprint density at radius 3 is 2.48 bits per heavy atom. The summed E-state index contributed by atoms with van der Waals surface area (Å²) < 4.78 is 39.0. The van der Waals surface area contributed by atoms with E-state index in [4.69, 9.17) is 9.72 Å². The van der Waals surface area contributed by atoms with Crippen molar-refractivity contribution in [2.75, 3.05) is 37.6 Å². The van der Waals surface area contributed by atoms with Gasteiger partial charge in [0.25, 0.3) is 12.3 Å². The Labute approximate surface area is 363 Å². The lowest BCUT2D eigenvalue weighted by molar-refractivity contribution is -0.135. The highest BCUT2D eigenvalue weighted by Crippen LogP contribution is 2.35. The molecule has 3 amide bonds. The number of benzene rings is 1. The number of piperidine rings is 2. The fraction of sp³-hybridized carbons (Fsp3) is 0.556. The van der Waals surface area contributed by atoms with Crippen molar-refractivity contribution >= 4 is 51.8 Å². The summed E-state index contributed by atoms with van der Waals surface area (Å²) in [6.07, 6.45) is 6.44. The number of para-hydroxylation sites is 1. The number of aromatic nitrogens is 5. The molecule has 3 saturated heterocycles. The lowest BCUT2D eigenvalue weighted by Gasteiger charge is -2.36. The maximum absolute atomic E-state index is 14.3. The van der Waals surface area contributed by atoms with Gasteiger partial charge >= 0.3 is 5.69 Å². The summed E-state index contributed by atoms with van der Waals surface area (Å²) in [6, 6.07) is 6.65. The van der Waals surface area contributed by atoms with Gasteiger partial charge in [0.1, 0.15) is 29.3 Å². The first kappa shape index (κ1) is 42.5. The molecule has 18 heteroatoms. The van der Waals surface area contributed by atoms with E-state index in [0.29, 0.717) is 47.4 Å². The summed E-state index contributed by atoms with van der Waals surface area (Å²) >= 11 is 0. The number of fused-ring (bicyclic) bond motifs is 2. The number of imidazole rings is 1. The van der Waals surface area contributed by atoms with Gasteiger partial charge in [0.15, 0.2) is 11.5 Å². The number of nitrogens with one attached hydrogen (secondary N) is 2. The van der Waals surface area contributed by atoms with Crippen LogP contribution in [0.15, 0.2) is 51.4 Å². The Kier molecular flexibility index (Phi) is 12.0. The van der Waals surface area contributed by atoms with Gasteiger partial charge < -0.3 is 19.9 Å². The number of aryl methyl sites for hydroxylation is 1. The number of carbonyl (C=O) groups excluding carboxylic acids is 3. The fourth-order valence-electron chi connectivity index (χ4n) is 10.1. The first-order valence-electron chi connectivity index (χ1n) is 22.1. The molecular weight excluding hydrogens is 813 g/mol. The van der Waals surface area contributed by atoms with Gasteiger partial charge in [-0.3, -0.25) is 33.8 Å². The fourth-order valence-corrected chi connectivity index (χ4v) is 10.1. The summed E-state index contributed by atoms with van der Waals surface area (Å²) in [7, 11) is 1.68. The number of amidine groups is 1. The zero-order valence-electron chi connectivity index (χ0n) is 35.8. The van der Waals surface area contributed by atoms with E-state index in [1.54, 1.807) is 13.2 Å². The van der Waals surface area contributed by atoms with E-state index in [-0.39, 0.29) is 54.0 Å². The Hall–Kier alpha value is -5.80. The molecule has 2 unspecified atom stereocenters. The monoisotopic (exact) mass is 865 g/mol. The largest absolute Gasteiger partial charge is 0.372 e. The third kappa shape index (κ3) is 8.77. The molecule has 16 nitrogen and oxygen atoms in total. The predicted molar refractivity (Wildman–Crippen MR) is 232 cm³/mol. The van der Waals surface area contributed by atoms with Gasteiger partial charge in [-0.2, -0.15) is 5.10 Å². The van der Waals surface area contributed by atoms with Gasteiger partial charge in [-0.25, -0.2) is 28.1 Å². The Morgan fingerprint density at radius 2 is 1.75 bits per heavy atom. The molecule has 4 fully saturated rings. The molecule has 7 heterocycles. The second-order valence-corrected chi connectivity index (χ2v) is 17.8. The number of halogens is 2. The molecule has 1 aliphatic carbocycles. The van der Waals surface area contributed by atoms with Crippen LogP contribution in [0, 0.1) is 29.6 Å². The number of aliphatic imine (C=N–C) groups is 2. The lowest BCUT2D eigenvalue weighted by atomic mass is 9.80. The third-order valence-corrected chi connectivity index (χ3v) is 13.3. The van der Waals surface area contributed by atoms with Crippen molar-refractivity contribution in [1.29, 1.82) is 0 Å². The molecule has 5 aliphatic rings. The quantitative estimate of drug-likeness (QED) is 0.195. The summed E-state index contributed by atoms with van der Waals surface area (Å²) in [5.74, 6) is 6.74. The van der Waals surface area contributed by atoms with E-state index in [0.717, 1.165) is 70.1 Å². The summed E-state index contributed by atoms with van der Waals surface area (Å²) in [5.41, 5.74) is 1.71. The van der Waals surface area contributed by atoms with E-state index in [1.807, 2.05) is 38.1 Å². The molecule has 9 rings (SSSR count). The molecule has 0 radical (unpaired) electrons. The average molecular weight is 866 g/mol. The van der Waals surface area contributed by atoms with Gasteiger partial charge in [-0.1, -0.05) is 17.9 Å². The van der Waals surface area contributed by atoms with Crippen LogP contribution in [-0.2, 0) is 21.4 Å². The number of nitrogens with zero attached hydrogens (tertiary/aromatic N) is 9. The van der Waals surface area contributed by atoms with E-state index in [1.165, 1.54) is 19.8 Å². The van der Waals surface area contributed by atoms with Gasteiger partial charge in [-0.05, 0) is 102 Å². The minimum atomic E-state index is -2.89. The second-order valence-electron chi connectivity index (χ2n) is 17.8. The lowest BCUT2D eigenvalue weighted by Crippen LogP contribution is -2.45. The number of morpholine rings is 1. The van der Waals surface area contributed by atoms with Gasteiger partial charge in [-0.15, -0.1) is 0 Å². The molecule has 0 bridgehead atoms. The van der Waals surface area contributed by atoms with E-state index in [9.17, 15) is 28.0 Å². The topological polar surface area (TPSA) is 173 Å². The van der Waals surface area contributed by atoms with Crippen molar-refractivity contribution in [1.82, 2.24) is 39.3 Å². The van der Waals surface area contributed by atoms with Crippen molar-refractivity contribution in [2.24, 2.45) is 34.8 Å². The molecule has 4 aliphatic heterocycles. The molecule has 4 atom stereocenters. The number of likely N-dealkylation sites (tertiary alicyclic amines) is 1. The minimum Gasteiger partial charge on any atom is -0.372 e. The zero-order chi connectivity index (χ0) is 43.9. The van der Waals surface area contributed by atoms with Crippen molar-refractivity contribution in [3.8, 4) is 11.8 Å². The number of carbonyl (C=O) groups is 3. The molecule has 3 aromatic heterocycles. The van der Waals surface area contributed by atoms with Gasteiger partial charge in [0.2, 0.25) is 11.8 Å². The number of ether oxygens (including phenoxy) is 1. The van der Waals surface area contributed by atoms with Gasteiger partial charge in [0.05, 0.1) is 35.0 Å². The number of hydrogen-bond donors (Lipinski definition) is 2. The van der Waals surface area contributed by atoms with E-state index >= 15 is 0 Å². The van der Waals surface area contributed by atoms with E-state index in [2.05, 4.69) is 47.4 Å². The highest BCUT2D eigenvalue weighted by atomic mass is 19.3. The summed E-state index contributed by atoms with van der Waals surface area (Å²) in [5, 5.41) is 9.25. The Morgan fingerprint density at radius 1 is 0.984 bits per heavy atom. The molecule has 0 spiro atoms. The first-order valence-corrected chi connectivity index (χ1v) is 22.1. The molecule has 4 aromatic rings. The number of rotatable bonds is 8. The van der Waals surface area contributed by atoms with Gasteiger partial charge in [0, 0.05) is 51.6 Å². The van der Waals surface area contributed by atoms with Crippen LogP contribution >= 0.6 is 0 Å². The molecular formula is C45H53F2N11O5. The van der Waals surface area contributed by atoms with Crippen LogP contribution < -0.4 is 21.2 Å². The van der Waals surface area contributed by atoms with Crippen LogP contribution in [-0.4, -0.2) is 115 Å². The summed E-state index contributed by atoms with van der Waals surface area (Å²) in [4.78, 5) is 69.5. The first-order chi connectivity index (χ1) is 30.4. The number of anilines is 1. The molecule has 2 N–H and O–H groups in total. The highest BCUT2D eigenvalue weighted by molar-refractivity contribution is 6.46. The average Bonchev–Trinajstić information content (AvgIpc) is 3.96. The third-order valence-electron chi connectivity index (χ3n) is 13.3. The maximum atomic E-state index is 14.3. The van der Waals surface area contributed by atoms with Crippen LogP contribution in [0.2, 0.25) is 0 Å². The predicted octanol–water partition coefficient (Wildman–Crippen LogP) is 4.11. The van der Waals surface area contributed by atoms with Crippen LogP contribution in [0.25, 0.3) is 16.7 Å². The van der Waals surface area contributed by atoms with Crippen LogP contribution in [0.1, 0.15) is 93.6 Å². The maximum Gasteiger partial charge on any atom is 0.329 e. The Bertz CT molecular complexity index is 2600. The molecule has 1 aromatic carbocycles. The number of amides is 3. The second kappa shape index (κ2) is 17.8. The number of alkyl halides is 2. The van der Waals surface area contributed by atoms with Crippen molar-refractivity contribution < 1.29 is 27.9 Å². The number of hydrogen-bond acceptors (Lipinski definition) is 11. The van der Waals surface area contributed by atoms with Crippen LogP contribution in [0.4, 0.5) is 14.6 Å². The minimum absolute atomic E-state index is 0.0116. The van der Waals surface area contributed by atoms with Crippen molar-refractivity contribution in [2.45, 2.75) is 102 Å². The summed E-state index contributed by atoms with van der Waals surface area (Å²) in [6.45, 7) is 8.26. The smallest absolute Gasteiger partial charge is 0.329 e. The van der Waals surface area contributed by atoms with Crippen LogP contribution in [0.3, 0.4) is 0 Å². The van der Waals surface area contributed by atoms with Crippen LogP contribution in [0.5, 0.6) is 0 Å². The highest BCUT2D eigenvalue weighted by Gasteiger charge is 2.37. The van der Waals surface area contributed by atoms with Crippen molar-refractivity contribution in [3.05, 3.63) is 58.3 Å². The molecule has 1 saturated carbocycles. The standard InChI is InChI=1S/C45H53F2N11O5/c1-26-23-56(24-27(2)63-26)35-18-21-57-42(49-35)32(22-48-57)43(60)53-41-37(39(46)47)51-40(52-41)31-12-10-29(11-13-31)25-55-19-16-28(17-20-55)6-4-7-30-8-5-9-33-38(30)54(3)45(62)58(33)34-14-15-36(59)50-44(34)61/h5,8-9,18,21-22,26-29,31,34,39-40H,6,10-17,19-20,23-25H2,1-3H3,(H,50,59,61)(H,52,53,60)/t26-,27-,29-,31-,34?,40?/m0/s1. The normalized spacial score (nSPS) is 26.2. The number of imide groups is 1. The SMILES string of the molecule is C[C@H]1CN(c2ccn3ncc(C(=O)NC4=NC([C@H]5CC[C@H](CN6CCC(CC#Cc7cccc8c7n(C)c(=O)n8C7CCC(=O)NC7=O)CC6)CC5)N=C4C(F)F)c3n2)C[C@H](C)O1. The molecule has 63 heavy (non-hydrogen) atoms. The van der Waals surface area contributed by atoms with Crippen molar-refractivity contribution in [3.63, 3.8) is 0 Å². The van der Waals surface area contributed by atoms with E-state index < -0.39 is 36.2 Å². The molecule has 332 valence electrons.